The molecule has 0 atom stereocenters. The summed E-state index contributed by atoms with van der Waals surface area (Å²) < 4.78 is 35.1. The quantitative estimate of drug-likeness (QED) is 0.484. The lowest BCUT2D eigenvalue weighted by molar-refractivity contribution is 0.0526. The van der Waals surface area contributed by atoms with Gasteiger partial charge in [0.05, 0.1) is 17.1 Å². The van der Waals surface area contributed by atoms with E-state index < -0.39 is 21.9 Å². The van der Waals surface area contributed by atoms with Crippen LogP contribution >= 0.6 is 0 Å². The average molecular weight is 402 g/mol. The Hall–Kier alpha value is -3.17. The number of carbonyl (C=O) groups excluding carboxylic acids is 2. The smallest absolute Gasteiger partial charge is 0.338 e. The van der Waals surface area contributed by atoms with E-state index in [1.807, 2.05) is 10.9 Å². The minimum Gasteiger partial charge on any atom is -0.462 e. The Morgan fingerprint density at radius 1 is 1.07 bits per heavy atom. The predicted molar refractivity (Wildman–Crippen MR) is 101 cm³/mol. The Balaban J connectivity index is 1.72. The van der Waals surface area contributed by atoms with E-state index in [1.54, 1.807) is 32.0 Å². The highest BCUT2D eigenvalue weighted by atomic mass is 32.2. The molecule has 0 aliphatic rings. The molecule has 0 saturated carbocycles. The number of fused-ring (bicyclic) bond motifs is 1. The first-order valence-corrected chi connectivity index (χ1v) is 9.89. The Kier molecular flexibility index (Phi) is 5.48. The maximum Gasteiger partial charge on any atom is 0.338 e. The van der Waals surface area contributed by atoms with Gasteiger partial charge in [-0.2, -0.15) is 0 Å². The number of para-hydroxylation sites is 1. The van der Waals surface area contributed by atoms with Crippen LogP contribution in [-0.2, 0) is 14.8 Å². The van der Waals surface area contributed by atoms with Gasteiger partial charge in [-0.1, -0.05) is 18.2 Å². The van der Waals surface area contributed by atoms with Crippen molar-refractivity contribution in [2.24, 2.45) is 0 Å². The molecule has 0 saturated heterocycles. The number of carbonyl (C=O) groups is 2. The van der Waals surface area contributed by atoms with E-state index >= 15 is 0 Å². The molecule has 28 heavy (non-hydrogen) atoms. The molecule has 0 bridgehead atoms. The lowest BCUT2D eigenvalue weighted by Gasteiger charge is -2.08. The van der Waals surface area contributed by atoms with E-state index in [2.05, 4.69) is 5.43 Å². The number of furan rings is 1. The minimum atomic E-state index is -4.04. The highest BCUT2D eigenvalue weighted by Gasteiger charge is 2.21. The number of hydrogen-bond acceptors (Lipinski definition) is 6. The van der Waals surface area contributed by atoms with Crippen molar-refractivity contribution in [3.63, 3.8) is 0 Å². The monoisotopic (exact) mass is 402 g/mol. The first kappa shape index (κ1) is 19.6. The summed E-state index contributed by atoms with van der Waals surface area (Å²) >= 11 is 0. The van der Waals surface area contributed by atoms with E-state index in [0.717, 1.165) is 5.39 Å². The maximum atomic E-state index is 12.4. The summed E-state index contributed by atoms with van der Waals surface area (Å²) in [7, 11) is -4.04. The number of aryl methyl sites for hydroxylation is 1. The van der Waals surface area contributed by atoms with Gasteiger partial charge in [0.1, 0.15) is 5.58 Å². The van der Waals surface area contributed by atoms with Gasteiger partial charge in [0, 0.05) is 10.9 Å². The van der Waals surface area contributed by atoms with Crippen LogP contribution in [0.15, 0.2) is 57.8 Å². The van der Waals surface area contributed by atoms with Crippen LogP contribution in [0.4, 0.5) is 0 Å². The first-order chi connectivity index (χ1) is 13.3. The summed E-state index contributed by atoms with van der Waals surface area (Å²) in [5.41, 5.74) is 3.49. The number of hydrazine groups is 1. The molecule has 3 rings (SSSR count). The van der Waals surface area contributed by atoms with Crippen LogP contribution in [0, 0.1) is 6.92 Å². The predicted octanol–water partition coefficient (Wildman–Crippen LogP) is 2.54. The Morgan fingerprint density at radius 2 is 1.75 bits per heavy atom. The number of amides is 1. The largest absolute Gasteiger partial charge is 0.462 e. The van der Waals surface area contributed by atoms with Crippen molar-refractivity contribution in [2.75, 3.05) is 6.61 Å². The molecule has 2 N–H and O–H groups in total. The van der Waals surface area contributed by atoms with E-state index in [0.29, 0.717) is 11.1 Å². The summed E-state index contributed by atoms with van der Waals surface area (Å²) in [5, 5.41) is 0.769. The molecule has 0 unspecified atom stereocenters. The highest BCUT2D eigenvalue weighted by Crippen LogP contribution is 2.24. The molecule has 0 fully saturated rings. The zero-order chi connectivity index (χ0) is 20.3. The molecule has 1 amide bonds. The number of nitrogens with one attached hydrogen (secondary N) is 2. The van der Waals surface area contributed by atoms with Gasteiger partial charge < -0.3 is 9.15 Å². The summed E-state index contributed by atoms with van der Waals surface area (Å²) in [6.45, 7) is 3.60. The van der Waals surface area contributed by atoms with Gasteiger partial charge in [-0.25, -0.2) is 13.2 Å². The molecule has 8 nitrogen and oxygen atoms in total. The van der Waals surface area contributed by atoms with Crippen LogP contribution in [0.25, 0.3) is 11.0 Å². The van der Waals surface area contributed by atoms with Crippen LogP contribution in [0.2, 0.25) is 0 Å². The van der Waals surface area contributed by atoms with Crippen molar-refractivity contribution in [1.82, 2.24) is 10.3 Å². The van der Waals surface area contributed by atoms with Gasteiger partial charge in [0.15, 0.2) is 5.76 Å². The molecule has 2 aromatic carbocycles. The summed E-state index contributed by atoms with van der Waals surface area (Å²) in [6, 6.07) is 12.3. The SMILES string of the molecule is CCOC(=O)c1ccc(S(=O)(=O)NNC(=O)c2oc3ccccc3c2C)cc1. The molecule has 0 radical (unpaired) electrons. The molecule has 0 aliphatic carbocycles. The Labute approximate surface area is 161 Å². The van der Waals surface area contributed by atoms with Crippen molar-refractivity contribution in [1.29, 1.82) is 0 Å². The topological polar surface area (TPSA) is 115 Å². The molecule has 1 aromatic heterocycles. The molecular weight excluding hydrogens is 384 g/mol. The van der Waals surface area contributed by atoms with Gasteiger partial charge in [-0.3, -0.25) is 10.2 Å². The number of rotatable bonds is 6. The van der Waals surface area contributed by atoms with Crippen molar-refractivity contribution in [3.8, 4) is 0 Å². The fraction of sp³-hybridized carbons (Fsp3) is 0.158. The van der Waals surface area contributed by atoms with Crippen LogP contribution < -0.4 is 10.3 Å². The molecule has 146 valence electrons. The number of esters is 1. The third kappa shape index (κ3) is 3.90. The second kappa shape index (κ2) is 7.83. The third-order valence-corrected chi connectivity index (χ3v) is 5.29. The van der Waals surface area contributed by atoms with Gasteiger partial charge in [0.2, 0.25) is 0 Å². The average Bonchev–Trinajstić information content (AvgIpc) is 3.03. The molecule has 0 aliphatic heterocycles. The zero-order valence-electron chi connectivity index (χ0n) is 15.2. The molecule has 9 heteroatoms. The second-order valence-electron chi connectivity index (χ2n) is 5.86. The third-order valence-electron chi connectivity index (χ3n) is 4.02. The van der Waals surface area contributed by atoms with Crippen molar-refractivity contribution in [3.05, 3.63) is 65.4 Å². The Morgan fingerprint density at radius 3 is 2.39 bits per heavy atom. The standard InChI is InChI=1S/C19H18N2O6S/c1-3-26-19(23)13-8-10-14(11-9-13)28(24,25)21-20-18(22)17-12(2)15-6-4-5-7-16(15)27-17/h4-11,21H,3H2,1-2H3,(H,20,22). The first-order valence-electron chi connectivity index (χ1n) is 8.41. The molecule has 0 spiro atoms. The fourth-order valence-electron chi connectivity index (χ4n) is 2.60. The van der Waals surface area contributed by atoms with E-state index in [-0.39, 0.29) is 22.8 Å². The zero-order valence-corrected chi connectivity index (χ0v) is 16.0. The minimum absolute atomic E-state index is 0.0153. The van der Waals surface area contributed by atoms with Gasteiger partial charge in [-0.05, 0) is 44.2 Å². The maximum absolute atomic E-state index is 12.4. The van der Waals surface area contributed by atoms with Crippen molar-refractivity contribution >= 4 is 32.9 Å². The van der Waals surface area contributed by atoms with E-state index in [1.165, 1.54) is 24.3 Å². The van der Waals surface area contributed by atoms with Crippen LogP contribution in [0.1, 0.15) is 33.4 Å². The van der Waals surface area contributed by atoms with Crippen LogP contribution in [-0.4, -0.2) is 26.9 Å². The lowest BCUT2D eigenvalue weighted by Crippen LogP contribution is -2.41. The summed E-state index contributed by atoms with van der Waals surface area (Å²) in [6.07, 6.45) is 0. The van der Waals surface area contributed by atoms with Crippen molar-refractivity contribution in [2.45, 2.75) is 18.7 Å². The molecular formula is C19H18N2O6S. The number of sulfonamides is 1. The van der Waals surface area contributed by atoms with Gasteiger partial charge in [0.25, 0.3) is 10.0 Å². The number of benzene rings is 2. The van der Waals surface area contributed by atoms with Gasteiger partial charge >= 0.3 is 11.9 Å². The van der Waals surface area contributed by atoms with Gasteiger partial charge in [-0.15, -0.1) is 4.83 Å². The fourth-order valence-corrected chi connectivity index (χ4v) is 3.44. The lowest BCUT2D eigenvalue weighted by atomic mass is 10.1. The van der Waals surface area contributed by atoms with Crippen LogP contribution in [0.5, 0.6) is 0 Å². The summed E-state index contributed by atoms with van der Waals surface area (Å²) in [5.74, 6) is -1.25. The second-order valence-corrected chi connectivity index (χ2v) is 7.54. The summed E-state index contributed by atoms with van der Waals surface area (Å²) in [4.78, 5) is 25.9. The normalized spacial score (nSPS) is 11.4. The number of hydrogen-bond donors (Lipinski definition) is 2. The highest BCUT2D eigenvalue weighted by molar-refractivity contribution is 7.89. The van der Waals surface area contributed by atoms with E-state index in [4.69, 9.17) is 9.15 Å². The Bertz CT molecular complexity index is 1130. The van der Waals surface area contributed by atoms with E-state index in [9.17, 15) is 18.0 Å². The molecule has 3 aromatic rings. The number of ether oxygens (including phenoxy) is 1. The van der Waals surface area contributed by atoms with Crippen LogP contribution in [0.3, 0.4) is 0 Å². The molecule has 1 heterocycles. The van der Waals surface area contributed by atoms with Crippen molar-refractivity contribution < 1.29 is 27.2 Å².